The fourth-order valence-electron chi connectivity index (χ4n) is 6.56. The Morgan fingerprint density at radius 1 is 0.857 bits per heavy atom. The largest absolute Gasteiger partial charge is 0.495 e. The summed E-state index contributed by atoms with van der Waals surface area (Å²) in [5, 5.41) is 3.51. The second-order valence-electron chi connectivity index (χ2n) is 11.3. The fourth-order valence-corrected chi connectivity index (χ4v) is 7.78. The molecule has 0 unspecified atom stereocenters. The molecule has 42 heavy (non-hydrogen) atoms. The average molecular weight is 580 g/mol. The molecule has 7 nitrogen and oxygen atoms in total. The Morgan fingerprint density at radius 3 is 2.55 bits per heavy atom. The summed E-state index contributed by atoms with van der Waals surface area (Å²) >= 11 is 1.71. The maximum atomic E-state index is 13.6. The van der Waals surface area contributed by atoms with Crippen LogP contribution in [-0.2, 0) is 25.9 Å². The van der Waals surface area contributed by atoms with E-state index in [9.17, 15) is 4.79 Å². The maximum absolute atomic E-state index is 13.6. The van der Waals surface area contributed by atoms with Crippen LogP contribution in [0.15, 0.2) is 77.9 Å². The van der Waals surface area contributed by atoms with Gasteiger partial charge in [-0.2, -0.15) is 0 Å². The summed E-state index contributed by atoms with van der Waals surface area (Å²) in [6, 6.07) is 23.5. The van der Waals surface area contributed by atoms with Gasteiger partial charge in [0.15, 0.2) is 0 Å². The van der Waals surface area contributed by atoms with Gasteiger partial charge in [-0.25, -0.2) is 4.98 Å². The molecule has 3 aromatic carbocycles. The number of rotatable bonds is 8. The normalized spacial score (nSPS) is 16.3. The van der Waals surface area contributed by atoms with Crippen molar-refractivity contribution in [1.29, 1.82) is 0 Å². The van der Waals surface area contributed by atoms with E-state index in [0.717, 1.165) is 86.9 Å². The van der Waals surface area contributed by atoms with Crippen molar-refractivity contribution >= 4 is 38.0 Å². The van der Waals surface area contributed by atoms with Crippen molar-refractivity contribution in [2.24, 2.45) is 0 Å². The Bertz CT molecular complexity index is 1770. The molecule has 0 radical (unpaired) electrons. The van der Waals surface area contributed by atoms with Crippen LogP contribution >= 0.6 is 11.3 Å². The lowest BCUT2D eigenvalue weighted by molar-refractivity contribution is 0.246. The highest BCUT2D eigenvalue weighted by Crippen LogP contribution is 2.33. The van der Waals surface area contributed by atoms with Gasteiger partial charge in [0.1, 0.15) is 10.6 Å². The van der Waals surface area contributed by atoms with E-state index in [1.807, 2.05) is 16.7 Å². The summed E-state index contributed by atoms with van der Waals surface area (Å²) in [7, 11) is 1.73. The molecule has 0 N–H and O–H groups in total. The van der Waals surface area contributed by atoms with E-state index in [1.54, 1.807) is 24.8 Å². The number of aromatic nitrogens is 2. The number of piperazine rings is 1. The first-order valence-electron chi connectivity index (χ1n) is 15.0. The zero-order valence-corrected chi connectivity index (χ0v) is 25.0. The Kier molecular flexibility index (Phi) is 7.67. The number of hydrogen-bond donors (Lipinski definition) is 0. The van der Waals surface area contributed by atoms with Gasteiger partial charge in [0.2, 0.25) is 0 Å². The van der Waals surface area contributed by atoms with Crippen molar-refractivity contribution in [3.8, 4) is 5.75 Å². The summed E-state index contributed by atoms with van der Waals surface area (Å²) in [5.41, 5.74) is 3.91. The predicted molar refractivity (Wildman–Crippen MR) is 172 cm³/mol. The molecule has 2 aromatic heterocycles. The highest BCUT2D eigenvalue weighted by molar-refractivity contribution is 7.18. The number of ether oxygens (including phenoxy) is 1. The zero-order valence-electron chi connectivity index (χ0n) is 24.2. The molecule has 0 atom stereocenters. The summed E-state index contributed by atoms with van der Waals surface area (Å²) < 4.78 is 7.39. The Balaban J connectivity index is 0.987. The molecular formula is C34H37N5O2S. The predicted octanol–water partition coefficient (Wildman–Crippen LogP) is 5.04. The van der Waals surface area contributed by atoms with Crippen LogP contribution in [0.4, 0.5) is 5.69 Å². The van der Waals surface area contributed by atoms with E-state index in [1.165, 1.54) is 26.8 Å². The van der Waals surface area contributed by atoms with Gasteiger partial charge in [-0.05, 0) is 46.9 Å². The van der Waals surface area contributed by atoms with E-state index in [2.05, 4.69) is 69.3 Å². The summed E-state index contributed by atoms with van der Waals surface area (Å²) in [4.78, 5) is 28.0. The van der Waals surface area contributed by atoms with Crippen LogP contribution in [-0.4, -0.2) is 72.3 Å². The standard InChI is InChI=1S/C34H37N5O2S/c1-41-30-12-5-4-11-29(30)38-20-17-36(18-21-38)19-22-39-24-35-33-32(34(39)40)28-14-16-37(23-31(28)42-33)15-13-26-9-6-8-25-7-2-3-10-27(25)26/h2-12,24H,13-23H2,1H3. The van der Waals surface area contributed by atoms with Crippen LogP contribution in [0.3, 0.4) is 0 Å². The quantitative estimate of drug-likeness (QED) is 0.257. The highest BCUT2D eigenvalue weighted by atomic mass is 32.1. The average Bonchev–Trinajstić information content (AvgIpc) is 3.42. The van der Waals surface area contributed by atoms with Crippen molar-refractivity contribution < 1.29 is 4.74 Å². The van der Waals surface area contributed by atoms with Crippen LogP contribution in [0, 0.1) is 0 Å². The summed E-state index contributed by atoms with van der Waals surface area (Å²) in [6.45, 7) is 8.23. The fraction of sp³-hybridized carbons (Fsp3) is 0.353. The second kappa shape index (κ2) is 11.9. The molecule has 8 heteroatoms. The minimum absolute atomic E-state index is 0.120. The first-order chi connectivity index (χ1) is 20.7. The third-order valence-corrected chi connectivity index (χ3v) is 10.1. The van der Waals surface area contributed by atoms with Crippen molar-refractivity contribution in [3.05, 3.63) is 99.4 Å². The van der Waals surface area contributed by atoms with Crippen molar-refractivity contribution in [2.45, 2.75) is 25.9 Å². The molecule has 5 aromatic rings. The van der Waals surface area contributed by atoms with E-state index < -0.39 is 0 Å². The van der Waals surface area contributed by atoms with Gasteiger partial charge in [0.05, 0.1) is 24.5 Å². The number of thiophene rings is 1. The van der Waals surface area contributed by atoms with Gasteiger partial charge in [0.25, 0.3) is 5.56 Å². The molecular weight excluding hydrogens is 542 g/mol. The summed E-state index contributed by atoms with van der Waals surface area (Å²) in [6.07, 6.45) is 3.70. The first-order valence-corrected chi connectivity index (χ1v) is 15.8. The number of anilines is 1. The van der Waals surface area contributed by atoms with Gasteiger partial charge < -0.3 is 9.64 Å². The molecule has 1 fully saturated rings. The second-order valence-corrected chi connectivity index (χ2v) is 12.4. The van der Waals surface area contributed by atoms with Crippen LogP contribution in [0.25, 0.3) is 21.0 Å². The van der Waals surface area contributed by atoms with E-state index in [-0.39, 0.29) is 5.56 Å². The number of fused-ring (bicyclic) bond motifs is 4. The third kappa shape index (κ3) is 5.30. The molecule has 4 heterocycles. The van der Waals surface area contributed by atoms with Crippen molar-refractivity contribution in [1.82, 2.24) is 19.4 Å². The smallest absolute Gasteiger partial charge is 0.262 e. The number of methoxy groups -OCH3 is 1. The molecule has 0 bridgehead atoms. The van der Waals surface area contributed by atoms with Crippen molar-refractivity contribution in [2.75, 3.05) is 57.8 Å². The van der Waals surface area contributed by atoms with E-state index >= 15 is 0 Å². The van der Waals surface area contributed by atoms with Crippen LogP contribution in [0.1, 0.15) is 16.0 Å². The topological polar surface area (TPSA) is 53.8 Å². The van der Waals surface area contributed by atoms with Gasteiger partial charge in [-0.3, -0.25) is 19.2 Å². The number of para-hydroxylation sites is 2. The van der Waals surface area contributed by atoms with Crippen LogP contribution < -0.4 is 15.2 Å². The Hall–Kier alpha value is -3.72. The minimum atomic E-state index is 0.120. The maximum Gasteiger partial charge on any atom is 0.262 e. The molecule has 2 aliphatic heterocycles. The Morgan fingerprint density at radius 2 is 1.67 bits per heavy atom. The van der Waals surface area contributed by atoms with Gasteiger partial charge in [-0.15, -0.1) is 11.3 Å². The molecule has 0 saturated carbocycles. The molecule has 0 aliphatic carbocycles. The first kappa shape index (κ1) is 27.1. The molecule has 216 valence electrons. The zero-order chi connectivity index (χ0) is 28.5. The lowest BCUT2D eigenvalue weighted by atomic mass is 10.0. The van der Waals surface area contributed by atoms with Gasteiger partial charge in [0, 0.05) is 63.8 Å². The molecule has 2 aliphatic rings. The molecule has 0 spiro atoms. The van der Waals surface area contributed by atoms with Gasteiger partial charge >= 0.3 is 0 Å². The lowest BCUT2D eigenvalue weighted by Crippen LogP contribution is -2.47. The van der Waals surface area contributed by atoms with Crippen molar-refractivity contribution in [3.63, 3.8) is 0 Å². The van der Waals surface area contributed by atoms with Crippen LogP contribution in [0.2, 0.25) is 0 Å². The molecule has 7 rings (SSSR count). The number of benzene rings is 3. The molecule has 1 saturated heterocycles. The van der Waals surface area contributed by atoms with E-state index in [4.69, 9.17) is 9.72 Å². The highest BCUT2D eigenvalue weighted by Gasteiger charge is 2.24. The Labute approximate surface area is 250 Å². The number of nitrogens with zero attached hydrogens (tertiary/aromatic N) is 5. The monoisotopic (exact) mass is 579 g/mol. The van der Waals surface area contributed by atoms with Crippen LogP contribution in [0.5, 0.6) is 5.75 Å². The van der Waals surface area contributed by atoms with Gasteiger partial charge in [-0.1, -0.05) is 54.6 Å². The SMILES string of the molecule is COc1ccccc1N1CCN(CCn2cnc3sc4c(c3c2=O)CCN(CCc2cccc3ccccc23)C4)CC1. The number of hydrogen-bond acceptors (Lipinski definition) is 7. The lowest BCUT2D eigenvalue weighted by Gasteiger charge is -2.36. The summed E-state index contributed by atoms with van der Waals surface area (Å²) in [5.74, 6) is 0.920. The van der Waals surface area contributed by atoms with E-state index in [0.29, 0.717) is 6.54 Å². The minimum Gasteiger partial charge on any atom is -0.495 e. The molecule has 0 amide bonds. The third-order valence-electron chi connectivity index (χ3n) is 8.94.